The van der Waals surface area contributed by atoms with Crippen LogP contribution in [0.4, 0.5) is 8.78 Å². The highest BCUT2D eigenvalue weighted by atomic mass is 32.2. The normalized spacial score (nSPS) is 16.8. The Morgan fingerprint density at radius 3 is 2.71 bits per heavy atom. The maximum Gasteiger partial charge on any atom is 0.547 e. The minimum absolute atomic E-state index is 0.0186. The Morgan fingerprint density at radius 2 is 2.11 bits per heavy atom. The van der Waals surface area contributed by atoms with Gasteiger partial charge in [-0.15, -0.1) is 0 Å². The van der Waals surface area contributed by atoms with E-state index >= 15 is 0 Å². The van der Waals surface area contributed by atoms with Gasteiger partial charge in [-0.1, -0.05) is 12.1 Å². The molecule has 0 bridgehead atoms. The standard InChI is InChI=1S/C16H20BF2NO7S/c1-16(18,19)9-13(21)20-12-8-10-4-3-5-11(14(10)27-17(12)23)15(22)26-6-7-28(2,24)25/h3-5,12,23H,6-9H2,1-2H3,(H,20,21)/t12-/m0/s1. The lowest BCUT2D eigenvalue weighted by atomic mass is 9.72. The number of fused-ring (bicyclic) bond motifs is 1. The summed E-state index contributed by atoms with van der Waals surface area (Å²) in [5.41, 5.74) is 0.436. The Kier molecular flexibility index (Phi) is 6.65. The van der Waals surface area contributed by atoms with Crippen molar-refractivity contribution in [2.24, 2.45) is 0 Å². The molecule has 0 spiro atoms. The van der Waals surface area contributed by atoms with E-state index in [9.17, 15) is 31.8 Å². The van der Waals surface area contributed by atoms with Crippen LogP contribution in [0.2, 0.25) is 0 Å². The van der Waals surface area contributed by atoms with Crippen molar-refractivity contribution in [2.75, 3.05) is 18.6 Å². The van der Waals surface area contributed by atoms with Gasteiger partial charge in [0, 0.05) is 6.26 Å². The first-order valence-corrected chi connectivity index (χ1v) is 10.4. The number of nitrogens with one attached hydrogen (secondary N) is 1. The zero-order valence-electron chi connectivity index (χ0n) is 15.3. The van der Waals surface area contributed by atoms with Crippen LogP contribution in [-0.2, 0) is 25.8 Å². The molecule has 0 aromatic heterocycles. The number of esters is 1. The fourth-order valence-electron chi connectivity index (χ4n) is 2.61. The minimum Gasteiger partial charge on any atom is -0.534 e. The van der Waals surface area contributed by atoms with Gasteiger partial charge in [-0.2, -0.15) is 0 Å². The Labute approximate surface area is 161 Å². The van der Waals surface area contributed by atoms with Gasteiger partial charge >= 0.3 is 13.1 Å². The average molecular weight is 419 g/mol. The molecular formula is C16H20BF2NO7S. The molecular weight excluding hydrogens is 399 g/mol. The van der Waals surface area contributed by atoms with Crippen molar-refractivity contribution < 1.29 is 41.2 Å². The summed E-state index contributed by atoms with van der Waals surface area (Å²) >= 11 is 0. The maximum atomic E-state index is 12.9. The van der Waals surface area contributed by atoms with Gasteiger partial charge in [-0.05, 0) is 25.0 Å². The second-order valence-electron chi connectivity index (χ2n) is 6.69. The molecule has 0 aliphatic carbocycles. The van der Waals surface area contributed by atoms with Gasteiger partial charge in [0.2, 0.25) is 5.91 Å². The van der Waals surface area contributed by atoms with E-state index < -0.39 is 47.1 Å². The Bertz CT molecular complexity index is 857. The van der Waals surface area contributed by atoms with Crippen LogP contribution in [0.3, 0.4) is 0 Å². The fourth-order valence-corrected chi connectivity index (χ4v) is 3.00. The third kappa shape index (κ3) is 6.45. The Balaban J connectivity index is 2.09. The van der Waals surface area contributed by atoms with Gasteiger partial charge in [0.25, 0.3) is 5.92 Å². The van der Waals surface area contributed by atoms with Crippen molar-refractivity contribution in [1.29, 1.82) is 0 Å². The van der Waals surface area contributed by atoms with Gasteiger partial charge in [0.05, 0.1) is 18.1 Å². The molecule has 0 fully saturated rings. The number of halogens is 2. The first-order chi connectivity index (χ1) is 12.9. The Hall–Kier alpha value is -2.21. The molecule has 154 valence electrons. The van der Waals surface area contributed by atoms with Crippen molar-refractivity contribution in [3.05, 3.63) is 29.3 Å². The highest BCUT2D eigenvalue weighted by Crippen LogP contribution is 2.30. The lowest BCUT2D eigenvalue weighted by Gasteiger charge is -2.29. The molecule has 1 aliphatic rings. The van der Waals surface area contributed by atoms with Gasteiger partial charge in [-0.25, -0.2) is 22.0 Å². The summed E-state index contributed by atoms with van der Waals surface area (Å²) in [5.74, 6) is -6.25. The molecule has 1 atom stereocenters. The minimum atomic E-state index is -3.30. The zero-order chi connectivity index (χ0) is 21.1. The largest absolute Gasteiger partial charge is 0.547 e. The smallest absolute Gasteiger partial charge is 0.534 e. The van der Waals surface area contributed by atoms with Crippen LogP contribution in [0.15, 0.2) is 18.2 Å². The monoisotopic (exact) mass is 419 g/mol. The molecule has 8 nitrogen and oxygen atoms in total. The summed E-state index contributed by atoms with van der Waals surface area (Å²) in [4.78, 5) is 23.9. The van der Waals surface area contributed by atoms with Crippen molar-refractivity contribution in [2.45, 2.75) is 31.6 Å². The van der Waals surface area contributed by atoms with Crippen molar-refractivity contribution in [1.82, 2.24) is 5.32 Å². The lowest BCUT2D eigenvalue weighted by Crippen LogP contribution is -2.53. The average Bonchev–Trinajstić information content (AvgIpc) is 2.52. The molecule has 1 aromatic carbocycles. The van der Waals surface area contributed by atoms with E-state index in [2.05, 4.69) is 5.32 Å². The summed E-state index contributed by atoms with van der Waals surface area (Å²) in [5, 5.41) is 12.4. The number of benzene rings is 1. The van der Waals surface area contributed by atoms with Crippen LogP contribution >= 0.6 is 0 Å². The van der Waals surface area contributed by atoms with Crippen LogP contribution in [0.5, 0.6) is 5.75 Å². The number of ether oxygens (including phenoxy) is 1. The molecule has 28 heavy (non-hydrogen) atoms. The van der Waals surface area contributed by atoms with E-state index in [1.807, 2.05) is 0 Å². The number of hydrogen-bond donors (Lipinski definition) is 2. The van der Waals surface area contributed by atoms with E-state index in [0.29, 0.717) is 12.5 Å². The summed E-state index contributed by atoms with van der Waals surface area (Å²) in [6.45, 7) is 0.269. The lowest BCUT2D eigenvalue weighted by molar-refractivity contribution is -0.127. The molecule has 12 heteroatoms. The summed E-state index contributed by atoms with van der Waals surface area (Å²) < 4.78 is 58.3. The van der Waals surface area contributed by atoms with Crippen LogP contribution in [-0.4, -0.2) is 62.9 Å². The highest BCUT2D eigenvalue weighted by molar-refractivity contribution is 7.90. The third-order valence-corrected chi connectivity index (χ3v) is 4.75. The number of carbonyl (C=O) groups excluding carboxylic acids is 2. The predicted octanol–water partition coefficient (Wildman–Crippen LogP) is 0.373. The van der Waals surface area contributed by atoms with Crippen molar-refractivity contribution >= 4 is 28.8 Å². The maximum absolute atomic E-state index is 12.9. The first kappa shape index (κ1) is 22.1. The second kappa shape index (κ2) is 8.44. The number of para-hydroxylation sites is 1. The van der Waals surface area contributed by atoms with Gasteiger partial charge in [-0.3, -0.25) is 4.79 Å². The number of alkyl halides is 2. The summed E-state index contributed by atoms with van der Waals surface area (Å²) in [6.07, 6.45) is 0.0191. The predicted molar refractivity (Wildman–Crippen MR) is 95.9 cm³/mol. The number of rotatable bonds is 7. The van der Waals surface area contributed by atoms with E-state index in [1.54, 1.807) is 6.07 Å². The van der Waals surface area contributed by atoms with Gasteiger partial charge in [0.15, 0.2) is 9.84 Å². The van der Waals surface area contributed by atoms with Crippen LogP contribution in [0.1, 0.15) is 29.3 Å². The van der Waals surface area contributed by atoms with Crippen molar-refractivity contribution in [3.8, 4) is 5.75 Å². The molecule has 0 saturated carbocycles. The fraction of sp³-hybridized carbons (Fsp3) is 0.500. The number of hydrogen-bond acceptors (Lipinski definition) is 7. The van der Waals surface area contributed by atoms with E-state index in [0.717, 1.165) is 6.26 Å². The quantitative estimate of drug-likeness (QED) is 0.484. The van der Waals surface area contributed by atoms with E-state index in [1.165, 1.54) is 12.1 Å². The molecule has 1 heterocycles. The van der Waals surface area contributed by atoms with E-state index in [-0.39, 0.29) is 30.1 Å². The molecule has 0 saturated heterocycles. The molecule has 2 rings (SSSR count). The molecule has 0 unspecified atom stereocenters. The first-order valence-electron chi connectivity index (χ1n) is 8.34. The second-order valence-corrected chi connectivity index (χ2v) is 8.95. The van der Waals surface area contributed by atoms with Gasteiger partial charge in [0.1, 0.15) is 17.9 Å². The number of amides is 1. The molecule has 0 radical (unpaired) electrons. The Morgan fingerprint density at radius 1 is 1.43 bits per heavy atom. The molecule has 1 aromatic rings. The van der Waals surface area contributed by atoms with Crippen LogP contribution < -0.4 is 9.97 Å². The zero-order valence-corrected chi connectivity index (χ0v) is 16.1. The topological polar surface area (TPSA) is 119 Å². The number of carbonyl (C=O) groups is 2. The SMILES string of the molecule is CC(F)(F)CC(=O)N[C@H]1Cc2cccc(C(=O)OCCS(C)(=O)=O)c2OB1O. The highest BCUT2D eigenvalue weighted by Gasteiger charge is 2.39. The molecule has 1 amide bonds. The van der Waals surface area contributed by atoms with E-state index in [4.69, 9.17) is 9.39 Å². The molecule has 2 N–H and O–H groups in total. The third-order valence-electron chi connectivity index (χ3n) is 3.84. The van der Waals surface area contributed by atoms with Crippen LogP contribution in [0.25, 0.3) is 0 Å². The van der Waals surface area contributed by atoms with Crippen molar-refractivity contribution in [3.63, 3.8) is 0 Å². The van der Waals surface area contributed by atoms with Gasteiger partial charge < -0.3 is 19.7 Å². The number of sulfone groups is 1. The molecule has 1 aliphatic heterocycles. The summed E-state index contributed by atoms with van der Waals surface area (Å²) in [7, 11) is -4.87. The summed E-state index contributed by atoms with van der Waals surface area (Å²) in [6, 6.07) is 4.49. The van der Waals surface area contributed by atoms with Crippen LogP contribution in [0, 0.1) is 0 Å².